The molecule has 0 heterocycles. The molecule has 3 aromatic rings. The predicted octanol–water partition coefficient (Wildman–Crippen LogP) is 5.30. The van der Waals surface area contributed by atoms with Gasteiger partial charge in [0.15, 0.2) is 0 Å². The van der Waals surface area contributed by atoms with Crippen LogP contribution >= 0.6 is 12.4 Å². The standard InChI is InChI=1S/C22H21F2NO.ClH/c23-21-10-3-1-7-18(21)12-13-25-15-17-6-5-9-20(14-17)26-16-19-8-2-4-11-22(19)24;/h1-11,14,25H,12-13,15-16H2;1H. The van der Waals surface area contributed by atoms with E-state index in [1.807, 2.05) is 30.3 Å². The molecule has 0 bridgehead atoms. The van der Waals surface area contributed by atoms with Crippen molar-refractivity contribution in [1.29, 1.82) is 0 Å². The van der Waals surface area contributed by atoms with Gasteiger partial charge in [-0.3, -0.25) is 0 Å². The Balaban J connectivity index is 0.00000261. The minimum atomic E-state index is -0.265. The molecule has 0 saturated carbocycles. The lowest BCUT2D eigenvalue weighted by Crippen LogP contribution is -2.17. The summed E-state index contributed by atoms with van der Waals surface area (Å²) in [6, 6.07) is 21.1. The summed E-state index contributed by atoms with van der Waals surface area (Å²) in [4.78, 5) is 0. The molecule has 3 aromatic carbocycles. The smallest absolute Gasteiger partial charge is 0.129 e. The Morgan fingerprint density at radius 2 is 1.44 bits per heavy atom. The van der Waals surface area contributed by atoms with Gasteiger partial charge in [0.25, 0.3) is 0 Å². The van der Waals surface area contributed by atoms with E-state index in [1.165, 1.54) is 12.1 Å². The second-order valence-corrected chi connectivity index (χ2v) is 6.05. The van der Waals surface area contributed by atoms with Crippen LogP contribution in [-0.2, 0) is 19.6 Å². The van der Waals surface area contributed by atoms with Crippen molar-refractivity contribution in [1.82, 2.24) is 5.32 Å². The number of halogens is 3. The van der Waals surface area contributed by atoms with E-state index in [0.29, 0.717) is 36.4 Å². The van der Waals surface area contributed by atoms with E-state index in [1.54, 1.807) is 30.3 Å². The molecule has 0 aliphatic heterocycles. The largest absolute Gasteiger partial charge is 0.489 e. The van der Waals surface area contributed by atoms with Crippen LogP contribution in [0.4, 0.5) is 8.78 Å². The molecule has 0 aliphatic carbocycles. The van der Waals surface area contributed by atoms with E-state index in [4.69, 9.17) is 4.74 Å². The van der Waals surface area contributed by atoms with Crippen molar-refractivity contribution in [3.63, 3.8) is 0 Å². The SMILES string of the molecule is Cl.Fc1ccccc1CCNCc1cccc(OCc2ccccc2F)c1. The van der Waals surface area contributed by atoms with Gasteiger partial charge in [-0.25, -0.2) is 8.78 Å². The van der Waals surface area contributed by atoms with Crippen LogP contribution in [-0.4, -0.2) is 6.54 Å². The van der Waals surface area contributed by atoms with Crippen molar-refractivity contribution in [2.45, 2.75) is 19.6 Å². The summed E-state index contributed by atoms with van der Waals surface area (Å²) in [5.41, 5.74) is 2.30. The van der Waals surface area contributed by atoms with E-state index >= 15 is 0 Å². The number of ether oxygens (including phenoxy) is 1. The summed E-state index contributed by atoms with van der Waals surface area (Å²) in [6.07, 6.45) is 0.635. The minimum Gasteiger partial charge on any atom is -0.489 e. The van der Waals surface area contributed by atoms with Crippen molar-refractivity contribution < 1.29 is 13.5 Å². The first-order chi connectivity index (χ1) is 12.7. The molecule has 142 valence electrons. The normalized spacial score (nSPS) is 10.3. The lowest BCUT2D eigenvalue weighted by Gasteiger charge is -2.10. The first kappa shape index (κ1) is 20.9. The van der Waals surface area contributed by atoms with E-state index < -0.39 is 0 Å². The molecule has 2 nitrogen and oxygen atoms in total. The molecule has 0 unspecified atom stereocenters. The lowest BCUT2D eigenvalue weighted by molar-refractivity contribution is 0.299. The van der Waals surface area contributed by atoms with Crippen LogP contribution < -0.4 is 10.1 Å². The average Bonchev–Trinajstić information content (AvgIpc) is 2.66. The third-order valence-corrected chi connectivity index (χ3v) is 4.11. The quantitative estimate of drug-likeness (QED) is 0.528. The van der Waals surface area contributed by atoms with Gasteiger partial charge in [0.1, 0.15) is 24.0 Å². The fraction of sp³-hybridized carbons (Fsp3) is 0.182. The first-order valence-corrected chi connectivity index (χ1v) is 8.61. The van der Waals surface area contributed by atoms with Crippen LogP contribution in [0.25, 0.3) is 0 Å². The van der Waals surface area contributed by atoms with E-state index in [9.17, 15) is 8.78 Å². The van der Waals surface area contributed by atoms with Gasteiger partial charge in [-0.05, 0) is 48.4 Å². The van der Waals surface area contributed by atoms with Gasteiger partial charge >= 0.3 is 0 Å². The molecular weight excluding hydrogens is 368 g/mol. The molecule has 0 amide bonds. The number of hydrogen-bond donors (Lipinski definition) is 1. The lowest BCUT2D eigenvalue weighted by atomic mass is 10.1. The highest BCUT2D eigenvalue weighted by atomic mass is 35.5. The maximum Gasteiger partial charge on any atom is 0.129 e. The third-order valence-electron chi connectivity index (χ3n) is 4.11. The molecule has 27 heavy (non-hydrogen) atoms. The van der Waals surface area contributed by atoms with Crippen LogP contribution in [0.1, 0.15) is 16.7 Å². The first-order valence-electron chi connectivity index (χ1n) is 8.61. The Kier molecular flexibility index (Phi) is 8.24. The van der Waals surface area contributed by atoms with Crippen LogP contribution in [0.15, 0.2) is 72.8 Å². The Bertz CT molecular complexity index is 857. The fourth-order valence-electron chi connectivity index (χ4n) is 2.68. The summed E-state index contributed by atoms with van der Waals surface area (Å²) in [5, 5.41) is 3.31. The molecule has 0 spiro atoms. The Hall–Kier alpha value is -2.43. The van der Waals surface area contributed by atoms with Crippen LogP contribution in [0.2, 0.25) is 0 Å². The molecule has 0 aromatic heterocycles. The van der Waals surface area contributed by atoms with Gasteiger partial charge in [0.05, 0.1) is 0 Å². The molecule has 0 fully saturated rings. The summed E-state index contributed by atoms with van der Waals surface area (Å²) in [5.74, 6) is 0.262. The summed E-state index contributed by atoms with van der Waals surface area (Å²) >= 11 is 0. The van der Waals surface area contributed by atoms with Gasteiger partial charge < -0.3 is 10.1 Å². The number of benzene rings is 3. The van der Waals surface area contributed by atoms with Crippen molar-refractivity contribution in [3.05, 3.63) is 101 Å². The number of hydrogen-bond acceptors (Lipinski definition) is 2. The minimum absolute atomic E-state index is 0. The molecule has 5 heteroatoms. The highest BCUT2D eigenvalue weighted by molar-refractivity contribution is 5.85. The zero-order valence-electron chi connectivity index (χ0n) is 14.8. The molecule has 3 rings (SSSR count). The van der Waals surface area contributed by atoms with Crippen molar-refractivity contribution >= 4 is 12.4 Å². The highest BCUT2D eigenvalue weighted by Gasteiger charge is 2.03. The molecule has 1 N–H and O–H groups in total. The van der Waals surface area contributed by atoms with Crippen LogP contribution in [0.5, 0.6) is 5.75 Å². The zero-order chi connectivity index (χ0) is 18.2. The van der Waals surface area contributed by atoms with Gasteiger partial charge in [-0.15, -0.1) is 12.4 Å². The Morgan fingerprint density at radius 1 is 0.778 bits per heavy atom. The maximum absolute atomic E-state index is 13.6. The van der Waals surface area contributed by atoms with Crippen molar-refractivity contribution in [2.75, 3.05) is 6.54 Å². The maximum atomic E-state index is 13.6. The predicted molar refractivity (Wildman–Crippen MR) is 106 cm³/mol. The molecule has 0 atom stereocenters. The Morgan fingerprint density at radius 3 is 2.15 bits per heavy atom. The van der Waals surface area contributed by atoms with Crippen molar-refractivity contribution in [3.8, 4) is 5.75 Å². The third kappa shape index (κ3) is 6.35. The summed E-state index contributed by atoms with van der Waals surface area (Å²) in [7, 11) is 0. The topological polar surface area (TPSA) is 21.3 Å². The van der Waals surface area contributed by atoms with Gasteiger partial charge in [-0.1, -0.05) is 48.5 Å². The molecule has 0 aliphatic rings. The second-order valence-electron chi connectivity index (χ2n) is 6.05. The van der Waals surface area contributed by atoms with Crippen molar-refractivity contribution in [2.24, 2.45) is 0 Å². The van der Waals surface area contributed by atoms with Gasteiger partial charge in [0.2, 0.25) is 0 Å². The van der Waals surface area contributed by atoms with Crippen LogP contribution in [0.3, 0.4) is 0 Å². The van der Waals surface area contributed by atoms with Gasteiger partial charge in [-0.2, -0.15) is 0 Å². The summed E-state index contributed by atoms with van der Waals surface area (Å²) < 4.78 is 32.9. The Labute approximate surface area is 164 Å². The number of rotatable bonds is 8. The monoisotopic (exact) mass is 389 g/mol. The second kappa shape index (κ2) is 10.7. The number of nitrogens with one attached hydrogen (secondary N) is 1. The van der Waals surface area contributed by atoms with Crippen LogP contribution in [0, 0.1) is 11.6 Å². The fourth-order valence-corrected chi connectivity index (χ4v) is 2.68. The average molecular weight is 390 g/mol. The molecular formula is C22H22ClF2NO. The van der Waals surface area contributed by atoms with E-state index in [-0.39, 0.29) is 30.6 Å². The molecule has 0 radical (unpaired) electrons. The summed E-state index contributed by atoms with van der Waals surface area (Å²) in [6.45, 7) is 1.53. The van der Waals surface area contributed by atoms with E-state index in [0.717, 1.165) is 5.56 Å². The van der Waals surface area contributed by atoms with Gasteiger partial charge in [0, 0.05) is 12.1 Å². The molecule has 0 saturated heterocycles. The zero-order valence-corrected chi connectivity index (χ0v) is 15.6. The van der Waals surface area contributed by atoms with E-state index in [2.05, 4.69) is 5.32 Å². The highest BCUT2D eigenvalue weighted by Crippen LogP contribution is 2.16.